The van der Waals surface area contributed by atoms with Crippen LogP contribution >= 0.6 is 0 Å². The third kappa shape index (κ3) is 5.56. The maximum Gasteiger partial charge on any atom is 0.233 e. The highest BCUT2D eigenvalue weighted by molar-refractivity contribution is 7.90. The van der Waals surface area contributed by atoms with Crippen molar-refractivity contribution in [3.63, 3.8) is 0 Å². The Balaban J connectivity index is 1.42. The first-order chi connectivity index (χ1) is 18.7. The molecule has 10 nitrogen and oxygen atoms in total. The number of anilines is 4. The van der Waals surface area contributed by atoms with Gasteiger partial charge in [0.2, 0.25) is 11.9 Å². The molecule has 3 aromatic rings. The fourth-order valence-electron chi connectivity index (χ4n) is 5.87. The summed E-state index contributed by atoms with van der Waals surface area (Å²) < 4.78 is 38.2. The standard InChI is InChI=1S/C28H38FN7O3S/c1-16(2)19-7-8-23(36-11-18(17(36)3)13-40(6,38)39)21-10-30-24(9-20(19)21)33-26-31-15-32-27(34-26)35-12-22(29)25(37)28(4,5)14-35/h7-10,15-18,22,25,37H,11-14H2,1-6H3,(H,30,31,32,33,34)/t17-,18-,22-,25-/m0/s1. The van der Waals surface area contributed by atoms with Gasteiger partial charge in [0.1, 0.15) is 28.2 Å². The summed E-state index contributed by atoms with van der Waals surface area (Å²) in [6.07, 6.45) is 2.05. The van der Waals surface area contributed by atoms with E-state index < -0.39 is 27.5 Å². The quantitative estimate of drug-likeness (QED) is 0.434. The number of hydrogen-bond donors (Lipinski definition) is 2. The van der Waals surface area contributed by atoms with E-state index in [0.717, 1.165) is 16.5 Å². The molecule has 0 aliphatic carbocycles. The lowest BCUT2D eigenvalue weighted by molar-refractivity contribution is -0.0257. The summed E-state index contributed by atoms with van der Waals surface area (Å²) in [5.74, 6) is 1.75. The van der Waals surface area contributed by atoms with E-state index in [1.807, 2.05) is 26.1 Å². The summed E-state index contributed by atoms with van der Waals surface area (Å²) in [6, 6.07) is 6.32. The van der Waals surface area contributed by atoms with Crippen molar-refractivity contribution in [1.82, 2.24) is 19.9 Å². The number of aliphatic hydroxyl groups excluding tert-OH is 1. The van der Waals surface area contributed by atoms with Gasteiger partial charge in [0.15, 0.2) is 0 Å². The minimum atomic E-state index is -3.04. The zero-order chi connectivity index (χ0) is 29.0. The van der Waals surface area contributed by atoms with Crippen LogP contribution in [0.5, 0.6) is 0 Å². The van der Waals surface area contributed by atoms with Crippen LogP contribution in [0, 0.1) is 11.3 Å². The van der Waals surface area contributed by atoms with Gasteiger partial charge in [0.25, 0.3) is 0 Å². The molecule has 1 aromatic carbocycles. The molecule has 2 aromatic heterocycles. The van der Waals surface area contributed by atoms with Crippen molar-refractivity contribution in [3.05, 3.63) is 36.3 Å². The van der Waals surface area contributed by atoms with E-state index in [0.29, 0.717) is 30.8 Å². The molecule has 40 heavy (non-hydrogen) atoms. The Morgan fingerprint density at radius 2 is 1.93 bits per heavy atom. The van der Waals surface area contributed by atoms with Crippen molar-refractivity contribution in [1.29, 1.82) is 0 Å². The summed E-state index contributed by atoms with van der Waals surface area (Å²) >= 11 is 0. The van der Waals surface area contributed by atoms with E-state index in [4.69, 9.17) is 0 Å². The van der Waals surface area contributed by atoms with E-state index in [9.17, 15) is 17.9 Å². The van der Waals surface area contributed by atoms with Gasteiger partial charge in [-0.1, -0.05) is 33.8 Å². The smallest absolute Gasteiger partial charge is 0.233 e. The molecule has 0 bridgehead atoms. The molecular formula is C28H38FN7O3S. The predicted octanol–water partition coefficient (Wildman–Crippen LogP) is 3.70. The van der Waals surface area contributed by atoms with Gasteiger partial charge >= 0.3 is 0 Å². The van der Waals surface area contributed by atoms with Gasteiger partial charge in [-0.05, 0) is 35.9 Å². The lowest BCUT2D eigenvalue weighted by Crippen LogP contribution is -2.57. The molecule has 0 saturated carbocycles. The molecule has 0 spiro atoms. The number of pyridine rings is 1. The minimum Gasteiger partial charge on any atom is -0.389 e. The second-order valence-electron chi connectivity index (χ2n) is 12.3. The van der Waals surface area contributed by atoms with E-state index in [1.165, 1.54) is 18.1 Å². The van der Waals surface area contributed by atoms with Gasteiger partial charge in [0, 0.05) is 54.0 Å². The van der Waals surface area contributed by atoms with Crippen molar-refractivity contribution >= 4 is 44.0 Å². The average molecular weight is 572 g/mol. The van der Waals surface area contributed by atoms with Gasteiger partial charge in [-0.2, -0.15) is 4.98 Å². The number of hydrogen-bond acceptors (Lipinski definition) is 10. The van der Waals surface area contributed by atoms with E-state index in [2.05, 4.69) is 63.1 Å². The van der Waals surface area contributed by atoms with Gasteiger partial charge in [-0.15, -0.1) is 0 Å². The molecule has 2 saturated heterocycles. The van der Waals surface area contributed by atoms with Crippen molar-refractivity contribution in [3.8, 4) is 0 Å². The van der Waals surface area contributed by atoms with Crippen LogP contribution in [0.2, 0.25) is 0 Å². The van der Waals surface area contributed by atoms with Gasteiger partial charge in [-0.25, -0.2) is 27.8 Å². The fraction of sp³-hybridized carbons (Fsp3) is 0.571. The van der Waals surface area contributed by atoms with Crippen molar-refractivity contribution in [2.75, 3.05) is 46.8 Å². The molecule has 12 heteroatoms. The van der Waals surface area contributed by atoms with Crippen LogP contribution in [0.1, 0.15) is 46.1 Å². The number of rotatable bonds is 7. The Hall–Kier alpha value is -3.12. The molecule has 0 unspecified atom stereocenters. The molecule has 5 rings (SSSR count). The Labute approximate surface area is 235 Å². The zero-order valence-corrected chi connectivity index (χ0v) is 24.7. The molecule has 2 aliphatic heterocycles. The summed E-state index contributed by atoms with van der Waals surface area (Å²) in [4.78, 5) is 21.6. The molecule has 216 valence electrons. The largest absolute Gasteiger partial charge is 0.389 e. The number of alkyl halides is 1. The van der Waals surface area contributed by atoms with Crippen LogP contribution in [0.4, 0.5) is 27.8 Å². The number of fused-ring (bicyclic) bond motifs is 1. The maximum absolute atomic E-state index is 14.5. The third-order valence-corrected chi connectivity index (χ3v) is 9.22. The Morgan fingerprint density at radius 3 is 2.58 bits per heavy atom. The second-order valence-corrected chi connectivity index (χ2v) is 14.4. The number of aliphatic hydroxyl groups is 1. The second kappa shape index (κ2) is 10.4. The van der Waals surface area contributed by atoms with E-state index in [1.54, 1.807) is 4.90 Å². The monoisotopic (exact) mass is 571 g/mol. The van der Waals surface area contributed by atoms with Crippen LogP contribution in [-0.4, -0.2) is 83.4 Å². The Morgan fingerprint density at radius 1 is 1.18 bits per heavy atom. The minimum absolute atomic E-state index is 0.00274. The summed E-state index contributed by atoms with van der Waals surface area (Å²) in [7, 11) is -3.04. The predicted molar refractivity (Wildman–Crippen MR) is 156 cm³/mol. The SMILES string of the molecule is CC(C)c1ccc(N2C[C@@H](CS(C)(=O)=O)[C@@H]2C)c2cnc(Nc3ncnc(N4C[C@H](F)[C@H](O)C(C)(C)C4)n3)cc12. The maximum atomic E-state index is 14.5. The molecule has 0 radical (unpaired) electrons. The number of sulfone groups is 1. The highest BCUT2D eigenvalue weighted by Crippen LogP contribution is 2.40. The van der Waals surface area contributed by atoms with Crippen LogP contribution < -0.4 is 15.1 Å². The average Bonchev–Trinajstić information content (AvgIpc) is 2.88. The fourth-order valence-corrected chi connectivity index (χ4v) is 7.03. The molecule has 0 amide bonds. The molecule has 2 aliphatic rings. The number of nitrogens with zero attached hydrogens (tertiary/aromatic N) is 6. The molecule has 2 fully saturated rings. The zero-order valence-electron chi connectivity index (χ0n) is 23.8. The van der Waals surface area contributed by atoms with Crippen LogP contribution in [0.25, 0.3) is 10.8 Å². The first-order valence-electron chi connectivity index (χ1n) is 13.6. The highest BCUT2D eigenvalue weighted by Gasteiger charge is 2.42. The van der Waals surface area contributed by atoms with Crippen LogP contribution in [0.15, 0.2) is 30.7 Å². The number of benzene rings is 1. The van der Waals surface area contributed by atoms with Crippen molar-refractivity contribution < 1.29 is 17.9 Å². The van der Waals surface area contributed by atoms with Crippen molar-refractivity contribution in [2.24, 2.45) is 11.3 Å². The number of aromatic nitrogens is 4. The van der Waals surface area contributed by atoms with Crippen LogP contribution in [0.3, 0.4) is 0 Å². The molecule has 4 heterocycles. The van der Waals surface area contributed by atoms with Gasteiger partial charge in [0.05, 0.1) is 18.4 Å². The van der Waals surface area contributed by atoms with E-state index >= 15 is 0 Å². The number of nitrogens with one attached hydrogen (secondary N) is 1. The molecular weight excluding hydrogens is 533 g/mol. The first-order valence-corrected chi connectivity index (χ1v) is 15.7. The lowest BCUT2D eigenvalue weighted by Gasteiger charge is -2.48. The molecule has 2 N–H and O–H groups in total. The van der Waals surface area contributed by atoms with Crippen molar-refractivity contribution in [2.45, 2.75) is 58.9 Å². The van der Waals surface area contributed by atoms with Gasteiger partial charge < -0.3 is 20.2 Å². The lowest BCUT2D eigenvalue weighted by atomic mass is 9.80. The third-order valence-electron chi connectivity index (χ3n) is 8.18. The summed E-state index contributed by atoms with van der Waals surface area (Å²) in [5, 5.41) is 15.4. The first kappa shape index (κ1) is 28.4. The number of piperidine rings is 1. The Bertz CT molecular complexity index is 1520. The normalized spacial score (nSPS) is 24.8. The number of halogens is 1. The topological polar surface area (TPSA) is 124 Å². The molecule has 4 atom stereocenters. The van der Waals surface area contributed by atoms with Gasteiger partial charge in [-0.3, -0.25) is 0 Å². The summed E-state index contributed by atoms with van der Waals surface area (Å²) in [6.45, 7) is 11.1. The summed E-state index contributed by atoms with van der Waals surface area (Å²) in [5.41, 5.74) is 1.56. The highest BCUT2D eigenvalue weighted by atomic mass is 32.2. The van der Waals surface area contributed by atoms with E-state index in [-0.39, 0.29) is 30.2 Å². The Kier molecular flexibility index (Phi) is 7.37. The van der Waals surface area contributed by atoms with Crippen LogP contribution in [-0.2, 0) is 9.84 Å².